The van der Waals surface area contributed by atoms with Crippen LogP contribution in [-0.2, 0) is 11.3 Å². The molecule has 4 heteroatoms. The molecule has 3 N–H and O–H groups in total. The number of nitrogens with two attached hydrogens (primary N) is 1. The van der Waals surface area contributed by atoms with Crippen LogP contribution in [0.5, 0.6) is 5.75 Å². The average Bonchev–Trinajstić information content (AvgIpc) is 2.41. The van der Waals surface area contributed by atoms with E-state index in [2.05, 4.69) is 5.32 Å². The van der Waals surface area contributed by atoms with Gasteiger partial charge in [-0.25, -0.2) is 0 Å². The molecule has 0 aliphatic rings. The fraction of sp³-hybridized carbons (Fsp3) is 0.250. The van der Waals surface area contributed by atoms with E-state index in [1.54, 1.807) is 7.11 Å². The van der Waals surface area contributed by atoms with Crippen molar-refractivity contribution in [1.29, 1.82) is 0 Å². The Labute approximate surface area is 119 Å². The van der Waals surface area contributed by atoms with Crippen LogP contribution in [0.3, 0.4) is 0 Å². The fourth-order valence-corrected chi connectivity index (χ4v) is 2.02. The molecule has 2 aromatic carbocycles. The molecule has 0 saturated carbocycles. The van der Waals surface area contributed by atoms with Crippen LogP contribution in [-0.4, -0.2) is 13.7 Å². The van der Waals surface area contributed by atoms with Gasteiger partial charge >= 0.3 is 0 Å². The minimum Gasteiger partial charge on any atom is -0.494 e. The lowest BCUT2D eigenvalue weighted by molar-refractivity contribution is 0.185. The summed E-state index contributed by atoms with van der Waals surface area (Å²) in [7, 11) is 1.68. The van der Waals surface area contributed by atoms with Crippen LogP contribution < -0.4 is 15.8 Å². The Morgan fingerprint density at radius 1 is 1.15 bits per heavy atom. The van der Waals surface area contributed by atoms with E-state index in [0.717, 1.165) is 22.7 Å². The highest BCUT2D eigenvalue weighted by Gasteiger charge is 2.04. The topological polar surface area (TPSA) is 56.5 Å². The lowest BCUT2D eigenvalue weighted by Gasteiger charge is -2.13. The molecule has 0 spiro atoms. The zero-order chi connectivity index (χ0) is 14.4. The Morgan fingerprint density at radius 3 is 2.70 bits per heavy atom. The molecule has 2 rings (SSSR count). The number of para-hydroxylation sites is 1. The monoisotopic (exact) mass is 272 g/mol. The van der Waals surface area contributed by atoms with Crippen LogP contribution >= 0.6 is 0 Å². The molecule has 0 heterocycles. The summed E-state index contributed by atoms with van der Waals surface area (Å²) in [4.78, 5) is 0. The molecule has 0 aliphatic carbocycles. The number of hydrogen-bond donors (Lipinski definition) is 2. The molecule has 0 unspecified atom stereocenters. The van der Waals surface area contributed by atoms with Gasteiger partial charge in [-0.1, -0.05) is 18.2 Å². The highest BCUT2D eigenvalue weighted by Crippen LogP contribution is 2.27. The molecular formula is C16H20N2O2. The summed E-state index contributed by atoms with van der Waals surface area (Å²) in [6.45, 7) is 3.12. The van der Waals surface area contributed by atoms with Gasteiger partial charge in [0, 0.05) is 41.9 Å². The van der Waals surface area contributed by atoms with Gasteiger partial charge in [-0.15, -0.1) is 0 Å². The number of nitrogen functional groups attached to an aromatic ring is 1. The normalized spacial score (nSPS) is 10.3. The Kier molecular flexibility index (Phi) is 4.85. The van der Waals surface area contributed by atoms with Gasteiger partial charge in [-0.05, 0) is 19.1 Å². The lowest BCUT2D eigenvalue weighted by Crippen LogP contribution is -1.99. The number of methoxy groups -OCH3 is 1. The molecule has 0 radical (unpaired) electrons. The summed E-state index contributed by atoms with van der Waals surface area (Å²) in [5.74, 6) is 0.763. The minimum absolute atomic E-state index is 0.559. The molecule has 106 valence electrons. The third-order valence-electron chi connectivity index (χ3n) is 2.84. The van der Waals surface area contributed by atoms with Crippen LogP contribution in [0.4, 0.5) is 17.1 Å². The predicted molar refractivity (Wildman–Crippen MR) is 82.5 cm³/mol. The second-order valence-electron chi connectivity index (χ2n) is 4.44. The Balaban J connectivity index is 2.25. The van der Waals surface area contributed by atoms with Crippen molar-refractivity contribution < 1.29 is 9.47 Å². The van der Waals surface area contributed by atoms with Gasteiger partial charge in [0.25, 0.3) is 0 Å². The van der Waals surface area contributed by atoms with E-state index in [9.17, 15) is 0 Å². The van der Waals surface area contributed by atoms with Gasteiger partial charge in [-0.3, -0.25) is 0 Å². The molecule has 20 heavy (non-hydrogen) atoms. The van der Waals surface area contributed by atoms with Crippen molar-refractivity contribution in [2.45, 2.75) is 13.5 Å². The maximum absolute atomic E-state index is 5.90. The first-order valence-corrected chi connectivity index (χ1v) is 6.60. The summed E-state index contributed by atoms with van der Waals surface area (Å²) in [5.41, 5.74) is 9.56. The van der Waals surface area contributed by atoms with Crippen molar-refractivity contribution >= 4 is 17.1 Å². The first kappa shape index (κ1) is 14.2. The summed E-state index contributed by atoms with van der Waals surface area (Å²) < 4.78 is 10.7. The fourth-order valence-electron chi connectivity index (χ4n) is 2.02. The van der Waals surface area contributed by atoms with Crippen LogP contribution in [0.25, 0.3) is 0 Å². The number of benzene rings is 2. The molecule has 2 aromatic rings. The summed E-state index contributed by atoms with van der Waals surface area (Å²) in [6.07, 6.45) is 0. The number of anilines is 3. The van der Waals surface area contributed by atoms with Crippen molar-refractivity contribution in [2.75, 3.05) is 24.8 Å². The standard InChI is InChI=1S/C16H20N2O2/c1-3-20-15-9-13(17)8-14(10-15)18-16-7-5-4-6-12(16)11-19-2/h4-10,18H,3,11,17H2,1-2H3. The van der Waals surface area contributed by atoms with Gasteiger partial charge in [0.1, 0.15) is 5.75 Å². The van der Waals surface area contributed by atoms with Crippen molar-refractivity contribution in [3.8, 4) is 5.75 Å². The largest absolute Gasteiger partial charge is 0.494 e. The predicted octanol–water partition coefficient (Wildman–Crippen LogP) is 3.56. The smallest absolute Gasteiger partial charge is 0.123 e. The highest BCUT2D eigenvalue weighted by atomic mass is 16.5. The zero-order valence-corrected chi connectivity index (χ0v) is 11.8. The Morgan fingerprint density at radius 2 is 1.95 bits per heavy atom. The molecule has 0 aliphatic heterocycles. The van der Waals surface area contributed by atoms with Crippen molar-refractivity contribution in [3.63, 3.8) is 0 Å². The number of ether oxygens (including phenoxy) is 2. The molecule has 4 nitrogen and oxygen atoms in total. The van der Waals surface area contributed by atoms with Gasteiger partial charge in [0.05, 0.1) is 13.2 Å². The third kappa shape index (κ3) is 3.65. The summed E-state index contributed by atoms with van der Waals surface area (Å²) in [5, 5.41) is 3.36. The first-order chi connectivity index (χ1) is 9.72. The zero-order valence-electron chi connectivity index (χ0n) is 11.8. The first-order valence-electron chi connectivity index (χ1n) is 6.60. The van der Waals surface area contributed by atoms with Crippen molar-refractivity contribution in [2.24, 2.45) is 0 Å². The second kappa shape index (κ2) is 6.82. The Hall–Kier alpha value is -2.20. The maximum atomic E-state index is 5.90. The SMILES string of the molecule is CCOc1cc(N)cc(Nc2ccccc2COC)c1. The maximum Gasteiger partial charge on any atom is 0.123 e. The van der Waals surface area contributed by atoms with Crippen LogP contribution in [0.1, 0.15) is 12.5 Å². The number of nitrogens with one attached hydrogen (secondary N) is 1. The molecule has 0 atom stereocenters. The molecule has 0 aromatic heterocycles. The van der Waals surface area contributed by atoms with Gasteiger partial charge in [-0.2, -0.15) is 0 Å². The van der Waals surface area contributed by atoms with Crippen molar-refractivity contribution in [1.82, 2.24) is 0 Å². The molecule has 0 bridgehead atoms. The van der Waals surface area contributed by atoms with Crippen molar-refractivity contribution in [3.05, 3.63) is 48.0 Å². The molecule has 0 fully saturated rings. The second-order valence-corrected chi connectivity index (χ2v) is 4.44. The van der Waals surface area contributed by atoms with Crippen LogP contribution in [0.2, 0.25) is 0 Å². The van der Waals surface area contributed by atoms with E-state index in [-0.39, 0.29) is 0 Å². The van der Waals surface area contributed by atoms with Gasteiger partial charge in [0.2, 0.25) is 0 Å². The van der Waals surface area contributed by atoms with Crippen LogP contribution in [0.15, 0.2) is 42.5 Å². The number of rotatable bonds is 6. The number of hydrogen-bond acceptors (Lipinski definition) is 4. The van der Waals surface area contributed by atoms with Gasteiger partial charge in [0.15, 0.2) is 0 Å². The quantitative estimate of drug-likeness (QED) is 0.789. The Bertz CT molecular complexity index is 570. The minimum atomic E-state index is 0.559. The van der Waals surface area contributed by atoms with E-state index in [0.29, 0.717) is 18.9 Å². The molecule has 0 amide bonds. The average molecular weight is 272 g/mol. The van der Waals surface area contributed by atoms with E-state index >= 15 is 0 Å². The third-order valence-corrected chi connectivity index (χ3v) is 2.84. The molecule has 0 saturated heterocycles. The van der Waals surface area contributed by atoms with Gasteiger partial charge < -0.3 is 20.5 Å². The van der Waals surface area contributed by atoms with E-state index in [1.807, 2.05) is 49.4 Å². The van der Waals surface area contributed by atoms with E-state index in [4.69, 9.17) is 15.2 Å². The summed E-state index contributed by atoms with van der Waals surface area (Å²) >= 11 is 0. The van der Waals surface area contributed by atoms with E-state index < -0.39 is 0 Å². The molecular weight excluding hydrogens is 252 g/mol. The highest BCUT2D eigenvalue weighted by molar-refractivity contribution is 5.68. The summed E-state index contributed by atoms with van der Waals surface area (Å²) in [6, 6.07) is 13.6. The van der Waals surface area contributed by atoms with Crippen LogP contribution in [0, 0.1) is 0 Å². The van der Waals surface area contributed by atoms with E-state index in [1.165, 1.54) is 0 Å². The lowest BCUT2D eigenvalue weighted by atomic mass is 10.1.